The molecule has 0 radical (unpaired) electrons. The smallest absolute Gasteiger partial charge is 0.338 e. The number of esters is 1. The molecular formula is C24H24N4O7. The zero-order valence-electron chi connectivity index (χ0n) is 19.2. The van der Waals surface area contributed by atoms with Gasteiger partial charge >= 0.3 is 12.0 Å². The Morgan fingerprint density at radius 1 is 0.943 bits per heavy atom. The molecule has 1 aliphatic heterocycles. The van der Waals surface area contributed by atoms with Crippen molar-refractivity contribution >= 4 is 47.0 Å². The van der Waals surface area contributed by atoms with Crippen molar-refractivity contribution in [2.45, 2.75) is 26.7 Å². The highest BCUT2D eigenvalue weighted by Crippen LogP contribution is 2.30. The fourth-order valence-electron chi connectivity index (χ4n) is 3.30. The molecule has 0 fully saturated rings. The average molecular weight is 480 g/mol. The van der Waals surface area contributed by atoms with Crippen molar-refractivity contribution in [3.05, 3.63) is 59.2 Å². The molecule has 35 heavy (non-hydrogen) atoms. The van der Waals surface area contributed by atoms with Crippen molar-refractivity contribution in [3.8, 4) is 0 Å². The number of carbonyl (C=O) groups excluding carboxylic acids is 6. The highest BCUT2D eigenvalue weighted by atomic mass is 16.5. The van der Waals surface area contributed by atoms with E-state index in [9.17, 15) is 28.8 Å². The quantitative estimate of drug-likeness (QED) is 0.298. The van der Waals surface area contributed by atoms with Crippen LogP contribution in [-0.4, -0.2) is 48.8 Å². The van der Waals surface area contributed by atoms with Gasteiger partial charge in [-0.05, 0) is 48.9 Å². The van der Waals surface area contributed by atoms with Gasteiger partial charge in [0, 0.05) is 19.2 Å². The maximum Gasteiger partial charge on any atom is 0.338 e. The molecule has 0 spiro atoms. The van der Waals surface area contributed by atoms with Crippen LogP contribution in [0.15, 0.2) is 42.5 Å². The van der Waals surface area contributed by atoms with Crippen LogP contribution in [0.3, 0.4) is 0 Å². The van der Waals surface area contributed by atoms with E-state index in [2.05, 4.69) is 10.6 Å². The van der Waals surface area contributed by atoms with Gasteiger partial charge in [-0.1, -0.05) is 13.3 Å². The van der Waals surface area contributed by atoms with E-state index in [-0.39, 0.29) is 22.6 Å². The zero-order chi connectivity index (χ0) is 25.5. The molecule has 11 nitrogen and oxygen atoms in total. The number of fused-ring (bicyclic) bond motifs is 1. The summed E-state index contributed by atoms with van der Waals surface area (Å²) in [5.74, 6) is -3.16. The van der Waals surface area contributed by atoms with E-state index < -0.39 is 36.3 Å². The molecule has 6 amide bonds. The van der Waals surface area contributed by atoms with Crippen molar-refractivity contribution in [1.82, 2.24) is 10.6 Å². The summed E-state index contributed by atoms with van der Waals surface area (Å²) in [6.45, 7) is 3.03. The van der Waals surface area contributed by atoms with Gasteiger partial charge in [0.1, 0.15) is 0 Å². The number of hydrogen-bond donors (Lipinski definition) is 3. The zero-order valence-corrected chi connectivity index (χ0v) is 19.2. The third-order valence-corrected chi connectivity index (χ3v) is 4.97. The maximum atomic E-state index is 12.9. The number of imide groups is 2. The Morgan fingerprint density at radius 2 is 1.63 bits per heavy atom. The minimum absolute atomic E-state index is 0.00939. The number of hydrogen-bond acceptors (Lipinski definition) is 7. The minimum Gasteiger partial charge on any atom is -0.452 e. The second kappa shape index (κ2) is 11.1. The highest BCUT2D eigenvalue weighted by molar-refractivity contribution is 6.34. The summed E-state index contributed by atoms with van der Waals surface area (Å²) in [5.41, 5.74) is 0.885. The van der Waals surface area contributed by atoms with Gasteiger partial charge in [-0.15, -0.1) is 0 Å². The lowest BCUT2D eigenvalue weighted by atomic mass is 10.1. The Balaban J connectivity index is 1.64. The molecule has 0 aromatic heterocycles. The van der Waals surface area contributed by atoms with E-state index in [4.69, 9.17) is 4.74 Å². The Labute approximate surface area is 200 Å². The van der Waals surface area contributed by atoms with Crippen LogP contribution in [0.5, 0.6) is 0 Å². The number of unbranched alkanes of at least 4 members (excludes halogenated alkanes) is 1. The van der Waals surface area contributed by atoms with Gasteiger partial charge in [-0.25, -0.2) is 14.5 Å². The summed E-state index contributed by atoms with van der Waals surface area (Å²) in [4.78, 5) is 73.6. The first kappa shape index (κ1) is 25.1. The minimum atomic E-state index is -0.896. The second-order valence-electron chi connectivity index (χ2n) is 7.67. The number of urea groups is 1. The fraction of sp³-hybridized carbons (Fsp3) is 0.250. The van der Waals surface area contributed by atoms with Crippen LogP contribution in [0.4, 0.5) is 16.2 Å². The summed E-state index contributed by atoms with van der Waals surface area (Å²) in [6, 6.07) is 9.31. The molecular weight excluding hydrogens is 456 g/mol. The molecule has 1 heterocycles. The van der Waals surface area contributed by atoms with E-state index >= 15 is 0 Å². The predicted octanol–water partition coefficient (Wildman–Crippen LogP) is 2.23. The summed E-state index contributed by atoms with van der Waals surface area (Å²) in [5, 5.41) is 7.13. The van der Waals surface area contributed by atoms with E-state index in [0.717, 1.165) is 17.7 Å². The third-order valence-electron chi connectivity index (χ3n) is 4.97. The average Bonchev–Trinajstić information content (AvgIpc) is 3.07. The van der Waals surface area contributed by atoms with Gasteiger partial charge < -0.3 is 15.4 Å². The fourth-order valence-corrected chi connectivity index (χ4v) is 3.30. The van der Waals surface area contributed by atoms with E-state index in [1.54, 1.807) is 12.1 Å². The number of nitrogens with zero attached hydrogens (tertiary/aromatic N) is 1. The molecule has 3 rings (SSSR count). The SMILES string of the molecule is CCCCNC(=O)NC(=O)COC(=O)c1ccc2c(c1)C(=O)N(c1ccc(NC(C)=O)cc1)C2=O. The summed E-state index contributed by atoms with van der Waals surface area (Å²) in [6.07, 6.45) is 1.64. The lowest BCUT2D eigenvalue weighted by Crippen LogP contribution is -2.41. The third kappa shape index (κ3) is 6.08. The van der Waals surface area contributed by atoms with Gasteiger partial charge in [0.05, 0.1) is 22.4 Å². The lowest BCUT2D eigenvalue weighted by Gasteiger charge is -2.14. The first-order valence-corrected chi connectivity index (χ1v) is 10.9. The van der Waals surface area contributed by atoms with E-state index in [0.29, 0.717) is 17.9 Å². The molecule has 2 aromatic rings. The number of ether oxygens (including phenoxy) is 1. The van der Waals surface area contributed by atoms with Gasteiger partial charge in [0.25, 0.3) is 17.7 Å². The summed E-state index contributed by atoms with van der Waals surface area (Å²) < 4.78 is 4.92. The standard InChI is InChI=1S/C24H24N4O7/c1-3-4-11-25-24(34)27-20(30)13-35-23(33)15-5-10-18-19(12-15)22(32)28(21(18)31)17-8-6-16(7-9-17)26-14(2)29/h5-10,12H,3-4,11,13H2,1-2H3,(H,26,29)(H2,25,27,30,34). The Bertz CT molecular complexity index is 1190. The Kier molecular flexibility index (Phi) is 7.92. The van der Waals surface area contributed by atoms with Crippen molar-refractivity contribution in [2.75, 3.05) is 23.4 Å². The van der Waals surface area contributed by atoms with Crippen molar-refractivity contribution in [2.24, 2.45) is 0 Å². The van der Waals surface area contributed by atoms with Crippen LogP contribution in [0.25, 0.3) is 0 Å². The number of amides is 6. The maximum absolute atomic E-state index is 12.9. The monoisotopic (exact) mass is 480 g/mol. The van der Waals surface area contributed by atoms with Crippen LogP contribution >= 0.6 is 0 Å². The van der Waals surface area contributed by atoms with Crippen LogP contribution < -0.4 is 20.9 Å². The molecule has 11 heteroatoms. The molecule has 0 saturated carbocycles. The molecule has 0 saturated heterocycles. The largest absolute Gasteiger partial charge is 0.452 e. The van der Waals surface area contributed by atoms with Crippen LogP contribution in [0.2, 0.25) is 0 Å². The molecule has 2 aromatic carbocycles. The van der Waals surface area contributed by atoms with Gasteiger partial charge in [0.2, 0.25) is 5.91 Å². The van der Waals surface area contributed by atoms with E-state index in [1.165, 1.54) is 37.3 Å². The first-order valence-electron chi connectivity index (χ1n) is 10.9. The Hall–Kier alpha value is -4.54. The second-order valence-corrected chi connectivity index (χ2v) is 7.67. The predicted molar refractivity (Wildman–Crippen MR) is 125 cm³/mol. The molecule has 0 unspecified atom stereocenters. The van der Waals surface area contributed by atoms with Crippen molar-refractivity contribution < 1.29 is 33.5 Å². The molecule has 3 N–H and O–H groups in total. The Morgan fingerprint density at radius 3 is 2.29 bits per heavy atom. The van der Waals surface area contributed by atoms with Gasteiger partial charge in [0.15, 0.2) is 6.61 Å². The number of anilines is 2. The number of rotatable bonds is 8. The number of nitrogens with one attached hydrogen (secondary N) is 3. The molecule has 1 aliphatic rings. The molecule has 182 valence electrons. The molecule has 0 bridgehead atoms. The van der Waals surface area contributed by atoms with Crippen LogP contribution in [-0.2, 0) is 14.3 Å². The lowest BCUT2D eigenvalue weighted by molar-refractivity contribution is -0.123. The molecule has 0 atom stereocenters. The highest BCUT2D eigenvalue weighted by Gasteiger charge is 2.37. The summed E-state index contributed by atoms with van der Waals surface area (Å²) in [7, 11) is 0. The summed E-state index contributed by atoms with van der Waals surface area (Å²) >= 11 is 0. The molecule has 0 aliphatic carbocycles. The number of benzene rings is 2. The number of carbonyl (C=O) groups is 6. The van der Waals surface area contributed by atoms with Crippen LogP contribution in [0, 0.1) is 0 Å². The van der Waals surface area contributed by atoms with E-state index in [1.807, 2.05) is 12.2 Å². The normalized spacial score (nSPS) is 12.1. The van der Waals surface area contributed by atoms with Crippen molar-refractivity contribution in [1.29, 1.82) is 0 Å². The topological polar surface area (TPSA) is 151 Å². The van der Waals surface area contributed by atoms with Crippen molar-refractivity contribution in [3.63, 3.8) is 0 Å². The first-order chi connectivity index (χ1) is 16.7. The van der Waals surface area contributed by atoms with Gasteiger partial charge in [-0.3, -0.25) is 24.5 Å². The van der Waals surface area contributed by atoms with Gasteiger partial charge in [-0.2, -0.15) is 0 Å². The van der Waals surface area contributed by atoms with Crippen LogP contribution in [0.1, 0.15) is 57.8 Å².